The molecule has 32 heavy (non-hydrogen) atoms. The number of aromatic amines is 1. The molecule has 0 bridgehead atoms. The van der Waals surface area contributed by atoms with E-state index in [4.69, 9.17) is 4.74 Å². The summed E-state index contributed by atoms with van der Waals surface area (Å²) in [5.74, 6) is 1.11. The van der Waals surface area contributed by atoms with Gasteiger partial charge in [0.25, 0.3) is 0 Å². The maximum absolute atomic E-state index is 13.2. The van der Waals surface area contributed by atoms with E-state index in [0.29, 0.717) is 17.8 Å². The van der Waals surface area contributed by atoms with Crippen LogP contribution in [0.3, 0.4) is 0 Å². The predicted octanol–water partition coefficient (Wildman–Crippen LogP) is 6.74. The molecule has 0 spiro atoms. The molecule has 0 saturated carbocycles. The third kappa shape index (κ3) is 4.28. The van der Waals surface area contributed by atoms with Crippen LogP contribution in [0.4, 0.5) is 13.2 Å². The monoisotopic (exact) mass is 439 g/mol. The number of imidazole rings is 1. The lowest BCUT2D eigenvalue weighted by Crippen LogP contribution is -2.05. The second kappa shape index (κ2) is 8.57. The molecular weight excluding hydrogens is 415 g/mol. The molecule has 0 aliphatic heterocycles. The molecule has 0 aliphatic rings. The lowest BCUT2D eigenvalue weighted by molar-refractivity contribution is -0.140. The average molecular weight is 439 g/mol. The lowest BCUT2D eigenvalue weighted by atomic mass is 10.00. The molecule has 2 aromatic heterocycles. The van der Waals surface area contributed by atoms with Crippen molar-refractivity contribution in [3.63, 3.8) is 0 Å². The standard InChI is InChI=1S/C25H24F3N3O/c1-16(2)31-15-23(25(26,27)28)30-24(31)18-10-8-17(9-11-18)14-21-19(12-13-29-21)20-6-4-5-7-22(20)32-3/h4-13,15-16,29H,14H2,1-3H3. The summed E-state index contributed by atoms with van der Waals surface area (Å²) < 4.78 is 46.6. The Morgan fingerprint density at radius 2 is 1.72 bits per heavy atom. The minimum Gasteiger partial charge on any atom is -0.496 e. The summed E-state index contributed by atoms with van der Waals surface area (Å²) in [6.07, 6.45) is -0.861. The van der Waals surface area contributed by atoms with Crippen molar-refractivity contribution in [1.29, 1.82) is 0 Å². The number of aromatic nitrogens is 3. The van der Waals surface area contributed by atoms with Gasteiger partial charge in [-0.2, -0.15) is 13.2 Å². The van der Waals surface area contributed by atoms with Gasteiger partial charge in [0.05, 0.1) is 7.11 Å². The summed E-state index contributed by atoms with van der Waals surface area (Å²) in [6, 6.07) is 17.2. The summed E-state index contributed by atoms with van der Waals surface area (Å²) in [5, 5.41) is 0. The van der Waals surface area contributed by atoms with Gasteiger partial charge in [-0.3, -0.25) is 0 Å². The number of rotatable bonds is 6. The van der Waals surface area contributed by atoms with Crippen molar-refractivity contribution in [2.24, 2.45) is 0 Å². The smallest absolute Gasteiger partial charge is 0.434 e. The second-order valence-electron chi connectivity index (χ2n) is 7.89. The van der Waals surface area contributed by atoms with E-state index in [1.807, 2.05) is 74.6 Å². The molecule has 0 amide bonds. The molecule has 4 nitrogen and oxygen atoms in total. The summed E-state index contributed by atoms with van der Waals surface area (Å²) in [6.45, 7) is 3.68. The van der Waals surface area contributed by atoms with E-state index < -0.39 is 11.9 Å². The van der Waals surface area contributed by atoms with E-state index in [1.165, 1.54) is 0 Å². The number of alkyl halides is 3. The SMILES string of the molecule is COc1ccccc1-c1cc[nH]c1Cc1ccc(-c2nc(C(F)(F)F)cn2C(C)C)cc1. The van der Waals surface area contributed by atoms with E-state index in [2.05, 4.69) is 9.97 Å². The van der Waals surface area contributed by atoms with E-state index in [0.717, 1.165) is 34.3 Å². The van der Waals surface area contributed by atoms with Crippen LogP contribution in [0.2, 0.25) is 0 Å². The summed E-state index contributed by atoms with van der Waals surface area (Å²) in [4.78, 5) is 7.17. The van der Waals surface area contributed by atoms with Crippen LogP contribution in [0.15, 0.2) is 67.0 Å². The maximum Gasteiger partial charge on any atom is 0.434 e. The molecule has 1 N–H and O–H groups in total. The van der Waals surface area contributed by atoms with E-state index in [1.54, 1.807) is 11.7 Å². The summed E-state index contributed by atoms with van der Waals surface area (Å²) >= 11 is 0. The van der Waals surface area contributed by atoms with E-state index in [9.17, 15) is 13.2 Å². The quantitative estimate of drug-likeness (QED) is 0.361. The first-order valence-corrected chi connectivity index (χ1v) is 10.3. The number of hydrogen-bond donors (Lipinski definition) is 1. The first-order valence-electron chi connectivity index (χ1n) is 10.3. The van der Waals surface area contributed by atoms with Gasteiger partial charge in [0.15, 0.2) is 5.69 Å². The minimum absolute atomic E-state index is 0.143. The van der Waals surface area contributed by atoms with E-state index in [-0.39, 0.29) is 6.04 Å². The third-order valence-corrected chi connectivity index (χ3v) is 5.40. The van der Waals surface area contributed by atoms with Gasteiger partial charge >= 0.3 is 6.18 Å². The Bertz CT molecular complexity index is 1200. The van der Waals surface area contributed by atoms with Gasteiger partial charge in [0, 0.05) is 47.2 Å². The van der Waals surface area contributed by atoms with E-state index >= 15 is 0 Å². The predicted molar refractivity (Wildman–Crippen MR) is 119 cm³/mol. The Morgan fingerprint density at radius 3 is 2.38 bits per heavy atom. The Labute approximate surface area is 184 Å². The highest BCUT2D eigenvalue weighted by Crippen LogP contribution is 2.34. The molecule has 0 unspecified atom stereocenters. The molecule has 4 aromatic rings. The minimum atomic E-state index is -4.47. The highest BCUT2D eigenvalue weighted by Gasteiger charge is 2.35. The molecule has 0 fully saturated rings. The average Bonchev–Trinajstić information content (AvgIpc) is 3.41. The molecule has 0 aliphatic carbocycles. The van der Waals surface area contributed by atoms with Crippen LogP contribution >= 0.6 is 0 Å². The Morgan fingerprint density at radius 1 is 1.00 bits per heavy atom. The fourth-order valence-electron chi connectivity index (χ4n) is 3.78. The van der Waals surface area contributed by atoms with Crippen LogP contribution in [0.5, 0.6) is 5.75 Å². The van der Waals surface area contributed by atoms with Gasteiger partial charge in [-0.15, -0.1) is 0 Å². The highest BCUT2D eigenvalue weighted by atomic mass is 19.4. The molecule has 0 radical (unpaired) electrons. The van der Waals surface area contributed by atoms with Gasteiger partial charge < -0.3 is 14.3 Å². The molecule has 2 aromatic carbocycles. The number of halogens is 3. The number of hydrogen-bond acceptors (Lipinski definition) is 2. The van der Waals surface area contributed by atoms with Crippen molar-refractivity contribution in [2.75, 3.05) is 7.11 Å². The maximum atomic E-state index is 13.2. The van der Waals surface area contributed by atoms with Crippen LogP contribution in [0, 0.1) is 0 Å². The first kappa shape index (κ1) is 21.7. The molecule has 4 rings (SSSR count). The lowest BCUT2D eigenvalue weighted by Gasteiger charge is -2.12. The van der Waals surface area contributed by atoms with Crippen LogP contribution in [0.25, 0.3) is 22.5 Å². The number of H-pyrrole nitrogens is 1. The number of benzene rings is 2. The molecule has 0 atom stereocenters. The number of methoxy groups -OCH3 is 1. The highest BCUT2D eigenvalue weighted by molar-refractivity contribution is 5.73. The fourth-order valence-corrected chi connectivity index (χ4v) is 3.78. The Balaban J connectivity index is 1.62. The Hall–Kier alpha value is -3.48. The number of nitrogens with one attached hydrogen (secondary N) is 1. The zero-order valence-electron chi connectivity index (χ0n) is 18.1. The fraction of sp³-hybridized carbons (Fsp3) is 0.240. The largest absolute Gasteiger partial charge is 0.496 e. The number of nitrogens with zero attached hydrogens (tertiary/aromatic N) is 2. The van der Waals surface area contributed by atoms with Crippen molar-refractivity contribution >= 4 is 0 Å². The molecular formula is C25H24F3N3O. The van der Waals surface area contributed by atoms with Crippen molar-refractivity contribution in [2.45, 2.75) is 32.5 Å². The first-order chi connectivity index (χ1) is 15.3. The third-order valence-electron chi connectivity index (χ3n) is 5.40. The molecule has 7 heteroatoms. The number of ether oxygens (including phenoxy) is 1. The normalized spacial score (nSPS) is 11.8. The van der Waals surface area contributed by atoms with Crippen LogP contribution < -0.4 is 4.74 Å². The summed E-state index contributed by atoms with van der Waals surface area (Å²) in [7, 11) is 1.65. The topological polar surface area (TPSA) is 42.8 Å². The zero-order chi connectivity index (χ0) is 22.9. The van der Waals surface area contributed by atoms with Crippen molar-refractivity contribution in [1.82, 2.24) is 14.5 Å². The molecule has 0 saturated heterocycles. The number of para-hydroxylation sites is 1. The van der Waals surface area contributed by atoms with Gasteiger partial charge in [-0.1, -0.05) is 42.5 Å². The summed E-state index contributed by atoms with van der Waals surface area (Å²) in [5.41, 5.74) is 3.89. The van der Waals surface area contributed by atoms with Gasteiger partial charge in [-0.25, -0.2) is 4.98 Å². The zero-order valence-corrected chi connectivity index (χ0v) is 18.1. The van der Waals surface area contributed by atoms with Gasteiger partial charge in [-0.05, 0) is 31.5 Å². The van der Waals surface area contributed by atoms with Gasteiger partial charge in [0.1, 0.15) is 11.6 Å². The Kier molecular flexibility index (Phi) is 5.82. The van der Waals surface area contributed by atoms with Gasteiger partial charge in [0.2, 0.25) is 0 Å². The molecule has 166 valence electrons. The second-order valence-corrected chi connectivity index (χ2v) is 7.89. The van der Waals surface area contributed by atoms with Crippen molar-refractivity contribution < 1.29 is 17.9 Å². The molecule has 2 heterocycles. The van der Waals surface area contributed by atoms with Crippen LogP contribution in [-0.2, 0) is 12.6 Å². The van der Waals surface area contributed by atoms with Crippen molar-refractivity contribution in [3.8, 4) is 28.3 Å². The van der Waals surface area contributed by atoms with Crippen LogP contribution in [0.1, 0.15) is 36.8 Å². The van der Waals surface area contributed by atoms with Crippen LogP contribution in [-0.4, -0.2) is 21.6 Å². The van der Waals surface area contributed by atoms with Crippen molar-refractivity contribution in [3.05, 3.63) is 83.9 Å².